The minimum atomic E-state index is -0.247. The Morgan fingerprint density at radius 2 is 2.18 bits per heavy atom. The third-order valence-corrected chi connectivity index (χ3v) is 4.34. The molecule has 116 valence electrons. The molecule has 0 bridgehead atoms. The van der Waals surface area contributed by atoms with Gasteiger partial charge in [0.1, 0.15) is 6.17 Å². The van der Waals surface area contributed by atoms with Crippen LogP contribution in [0.4, 0.5) is 0 Å². The van der Waals surface area contributed by atoms with Crippen molar-refractivity contribution in [3.8, 4) is 0 Å². The summed E-state index contributed by atoms with van der Waals surface area (Å²) in [7, 11) is 0. The number of nitrogens with one attached hydrogen (secondary N) is 4. The number of amides is 2. The molecule has 2 heterocycles. The molecule has 2 atom stereocenters. The number of hydrogen-bond donors (Lipinski definition) is 4. The molecule has 22 heavy (non-hydrogen) atoms. The van der Waals surface area contributed by atoms with Crippen LogP contribution in [0.2, 0.25) is 0 Å². The molecule has 2 amide bonds. The molecule has 2 aliphatic heterocycles. The van der Waals surface area contributed by atoms with E-state index in [2.05, 4.69) is 26.5 Å². The lowest BCUT2D eigenvalue weighted by Gasteiger charge is -2.21. The van der Waals surface area contributed by atoms with Crippen molar-refractivity contribution in [1.29, 1.82) is 0 Å². The van der Waals surface area contributed by atoms with Crippen molar-refractivity contribution < 1.29 is 9.59 Å². The highest BCUT2D eigenvalue weighted by Gasteiger charge is 2.36. The maximum absolute atomic E-state index is 11.9. The molecule has 7 nitrogen and oxygen atoms in total. The van der Waals surface area contributed by atoms with Gasteiger partial charge in [0.2, 0.25) is 11.8 Å². The molecule has 0 saturated carbocycles. The molecule has 2 aliphatic rings. The van der Waals surface area contributed by atoms with Crippen LogP contribution >= 0.6 is 11.8 Å². The molecule has 8 heteroatoms. The van der Waals surface area contributed by atoms with Crippen LogP contribution in [-0.2, 0) is 16.1 Å². The highest BCUT2D eigenvalue weighted by atomic mass is 32.2. The van der Waals surface area contributed by atoms with Crippen molar-refractivity contribution in [2.24, 2.45) is 10.9 Å². The van der Waals surface area contributed by atoms with Crippen LogP contribution < -0.4 is 21.5 Å². The zero-order chi connectivity index (χ0) is 15.4. The molecule has 2 unspecified atom stereocenters. The van der Waals surface area contributed by atoms with Gasteiger partial charge in [0.15, 0.2) is 5.17 Å². The summed E-state index contributed by atoms with van der Waals surface area (Å²) in [6.45, 7) is 1.06. The second kappa shape index (κ2) is 6.91. The summed E-state index contributed by atoms with van der Waals surface area (Å²) < 4.78 is 0. The second-order valence-electron chi connectivity index (χ2n) is 5.05. The van der Waals surface area contributed by atoms with Gasteiger partial charge in [-0.1, -0.05) is 42.1 Å². The quantitative estimate of drug-likeness (QED) is 0.604. The van der Waals surface area contributed by atoms with Crippen molar-refractivity contribution in [2.75, 3.05) is 12.3 Å². The number of benzene rings is 1. The Bertz CT molecular complexity index is 592. The van der Waals surface area contributed by atoms with Crippen LogP contribution in [0.1, 0.15) is 5.56 Å². The molecule has 0 spiro atoms. The van der Waals surface area contributed by atoms with Crippen LogP contribution in [-0.4, -0.2) is 35.4 Å². The Morgan fingerprint density at radius 1 is 1.36 bits per heavy atom. The van der Waals surface area contributed by atoms with Crippen LogP contribution in [0.5, 0.6) is 0 Å². The van der Waals surface area contributed by atoms with Gasteiger partial charge in [-0.15, -0.1) is 0 Å². The lowest BCUT2D eigenvalue weighted by molar-refractivity contribution is -0.123. The summed E-state index contributed by atoms with van der Waals surface area (Å²) in [5.41, 5.74) is 6.90. The Balaban J connectivity index is 1.46. The number of nitrogens with zero attached hydrogens (tertiary/aromatic N) is 1. The highest BCUT2D eigenvalue weighted by molar-refractivity contribution is 8.14. The van der Waals surface area contributed by atoms with E-state index < -0.39 is 0 Å². The van der Waals surface area contributed by atoms with E-state index in [4.69, 9.17) is 0 Å². The molecule has 0 radical (unpaired) electrons. The average molecular weight is 319 g/mol. The lowest BCUT2D eigenvalue weighted by Crippen LogP contribution is -2.46. The Kier molecular flexibility index (Phi) is 4.71. The normalized spacial score (nSPS) is 23.5. The molecule has 0 aromatic heterocycles. The average Bonchev–Trinajstić information content (AvgIpc) is 3.01. The molecule has 1 fully saturated rings. The van der Waals surface area contributed by atoms with Crippen molar-refractivity contribution in [2.45, 2.75) is 12.7 Å². The summed E-state index contributed by atoms with van der Waals surface area (Å²) >= 11 is 1.23. The molecular formula is C14H17N5O2S. The second-order valence-corrected chi connectivity index (χ2v) is 6.02. The van der Waals surface area contributed by atoms with Crippen LogP contribution in [0.25, 0.3) is 0 Å². The Labute approximate surface area is 132 Å². The standard InChI is InChI=1S/C14H17N5O2S/c20-11(15-6-9-4-2-1-3-5-9)8-22-14-17-12-10(7-16-19-12)13(21)18-14/h1-5,10,12,16,19H,6-8H2,(H,15,20)(H,17,18,21). The molecule has 0 aliphatic carbocycles. The van der Waals surface area contributed by atoms with Gasteiger partial charge in [-0.05, 0) is 5.56 Å². The zero-order valence-electron chi connectivity index (χ0n) is 11.8. The molecule has 1 saturated heterocycles. The van der Waals surface area contributed by atoms with Gasteiger partial charge in [-0.3, -0.25) is 15.0 Å². The number of rotatable bonds is 4. The van der Waals surface area contributed by atoms with E-state index >= 15 is 0 Å². The van der Waals surface area contributed by atoms with E-state index in [-0.39, 0.29) is 29.7 Å². The number of carbonyl (C=O) groups excluding carboxylic acids is 2. The summed E-state index contributed by atoms with van der Waals surface area (Å²) in [4.78, 5) is 28.1. The third kappa shape index (κ3) is 3.65. The van der Waals surface area contributed by atoms with E-state index in [1.54, 1.807) is 0 Å². The fourth-order valence-corrected chi connectivity index (χ4v) is 2.99. The minimum absolute atomic E-state index is 0.0651. The number of hydrazine groups is 1. The Morgan fingerprint density at radius 3 is 3.00 bits per heavy atom. The largest absolute Gasteiger partial charge is 0.351 e. The van der Waals surface area contributed by atoms with Crippen LogP contribution in [0.3, 0.4) is 0 Å². The third-order valence-electron chi connectivity index (χ3n) is 3.45. The van der Waals surface area contributed by atoms with Crippen molar-refractivity contribution in [3.63, 3.8) is 0 Å². The summed E-state index contributed by atoms with van der Waals surface area (Å²) in [6.07, 6.45) is -0.247. The molecular weight excluding hydrogens is 302 g/mol. The first-order valence-corrected chi connectivity index (χ1v) is 8.01. The van der Waals surface area contributed by atoms with E-state index in [0.717, 1.165) is 5.56 Å². The van der Waals surface area contributed by atoms with Gasteiger partial charge in [0, 0.05) is 13.1 Å². The first-order chi connectivity index (χ1) is 10.7. The number of fused-ring (bicyclic) bond motifs is 1. The SMILES string of the molecule is O=C(CSC1=NC2NNCC2C(=O)N1)NCc1ccccc1. The summed E-state index contributed by atoms with van der Waals surface area (Å²) in [5.74, 6) is -0.122. The first-order valence-electron chi connectivity index (χ1n) is 7.03. The zero-order valence-corrected chi connectivity index (χ0v) is 12.7. The van der Waals surface area contributed by atoms with Crippen LogP contribution in [0.15, 0.2) is 35.3 Å². The van der Waals surface area contributed by atoms with Crippen molar-refractivity contribution >= 4 is 28.7 Å². The predicted molar refractivity (Wildman–Crippen MR) is 84.7 cm³/mol. The van der Waals surface area contributed by atoms with Crippen molar-refractivity contribution in [3.05, 3.63) is 35.9 Å². The Hall–Kier alpha value is -1.90. The summed E-state index contributed by atoms with van der Waals surface area (Å²) in [6, 6.07) is 9.71. The monoisotopic (exact) mass is 319 g/mol. The number of hydrogen-bond acceptors (Lipinski definition) is 6. The van der Waals surface area contributed by atoms with Gasteiger partial charge in [0.05, 0.1) is 11.7 Å². The number of amidine groups is 1. The van der Waals surface area contributed by atoms with Crippen molar-refractivity contribution in [1.82, 2.24) is 21.5 Å². The fourth-order valence-electron chi connectivity index (χ4n) is 2.26. The maximum atomic E-state index is 11.9. The molecule has 1 aromatic rings. The predicted octanol–water partition coefficient (Wildman–Crippen LogP) is -0.428. The maximum Gasteiger partial charge on any atom is 0.233 e. The molecule has 3 rings (SSSR count). The van der Waals surface area contributed by atoms with E-state index in [0.29, 0.717) is 18.3 Å². The highest BCUT2D eigenvalue weighted by Crippen LogP contribution is 2.17. The molecule has 4 N–H and O–H groups in total. The number of carbonyl (C=O) groups is 2. The van der Waals surface area contributed by atoms with Gasteiger partial charge >= 0.3 is 0 Å². The number of thioether (sulfide) groups is 1. The van der Waals surface area contributed by atoms with Gasteiger partial charge in [-0.2, -0.15) is 0 Å². The smallest absolute Gasteiger partial charge is 0.233 e. The van der Waals surface area contributed by atoms with E-state index in [1.807, 2.05) is 30.3 Å². The minimum Gasteiger partial charge on any atom is -0.351 e. The first kappa shape index (κ1) is 15.0. The number of aliphatic imine (C=N–C) groups is 1. The lowest BCUT2D eigenvalue weighted by atomic mass is 10.1. The van der Waals surface area contributed by atoms with E-state index in [1.165, 1.54) is 11.8 Å². The van der Waals surface area contributed by atoms with Crippen LogP contribution in [0, 0.1) is 5.92 Å². The van der Waals surface area contributed by atoms with Gasteiger partial charge in [-0.25, -0.2) is 10.4 Å². The topological polar surface area (TPSA) is 94.6 Å². The molecule has 1 aromatic carbocycles. The van der Waals surface area contributed by atoms with E-state index in [9.17, 15) is 9.59 Å². The summed E-state index contributed by atoms with van der Waals surface area (Å²) in [5, 5.41) is 6.06. The van der Waals surface area contributed by atoms with Gasteiger partial charge in [0.25, 0.3) is 0 Å². The fraction of sp³-hybridized carbons (Fsp3) is 0.357. The van der Waals surface area contributed by atoms with Gasteiger partial charge < -0.3 is 10.6 Å².